The number of allylic oxidation sites excluding steroid dienone is 3. The number of pyridine rings is 1. The van der Waals surface area contributed by atoms with Crippen LogP contribution in [0, 0.1) is 12.3 Å². The Morgan fingerprint density at radius 1 is 1.21 bits per heavy atom. The molecule has 0 amide bonds. The molecule has 3 aliphatic heterocycles. The SMILES string of the molecule is Cc1nc2c(cc1NC1=NCC34CC(=O)CCN(C(F)(F)F)C3=CC=CC4=N1)CN(C)CC2. The first kappa shape index (κ1) is 21.8. The van der Waals surface area contributed by atoms with Gasteiger partial charge in [-0.25, -0.2) is 9.98 Å². The van der Waals surface area contributed by atoms with Crippen LogP contribution in [-0.2, 0) is 17.8 Å². The van der Waals surface area contributed by atoms with E-state index in [2.05, 4.69) is 27.2 Å². The third-order valence-electron chi connectivity index (χ3n) is 6.72. The van der Waals surface area contributed by atoms with E-state index < -0.39 is 11.7 Å². The molecule has 0 radical (unpaired) electrons. The molecule has 1 saturated heterocycles. The van der Waals surface area contributed by atoms with Crippen molar-refractivity contribution in [3.8, 4) is 0 Å². The van der Waals surface area contributed by atoms with Gasteiger partial charge >= 0.3 is 6.30 Å². The number of aliphatic imine (C=N–C) groups is 2. The van der Waals surface area contributed by atoms with Gasteiger partial charge in [-0.15, -0.1) is 0 Å². The number of ketones is 1. The zero-order valence-corrected chi connectivity index (χ0v) is 18.5. The van der Waals surface area contributed by atoms with Crippen molar-refractivity contribution in [2.24, 2.45) is 15.4 Å². The van der Waals surface area contributed by atoms with Crippen molar-refractivity contribution < 1.29 is 18.0 Å². The van der Waals surface area contributed by atoms with E-state index in [9.17, 15) is 18.0 Å². The van der Waals surface area contributed by atoms with Crippen molar-refractivity contribution >= 4 is 23.1 Å². The van der Waals surface area contributed by atoms with Gasteiger partial charge in [0.1, 0.15) is 5.78 Å². The summed E-state index contributed by atoms with van der Waals surface area (Å²) in [5.74, 6) is 0.0897. The summed E-state index contributed by atoms with van der Waals surface area (Å²) in [5.41, 5.74) is 3.07. The molecule has 10 heteroatoms. The zero-order valence-electron chi connectivity index (χ0n) is 18.5. The van der Waals surface area contributed by atoms with Gasteiger partial charge in [-0.3, -0.25) is 14.7 Å². The Morgan fingerprint density at radius 3 is 2.82 bits per heavy atom. The van der Waals surface area contributed by atoms with Crippen LogP contribution < -0.4 is 5.32 Å². The zero-order chi connectivity index (χ0) is 23.4. The van der Waals surface area contributed by atoms with Gasteiger partial charge in [-0.1, -0.05) is 6.08 Å². The van der Waals surface area contributed by atoms with Crippen LogP contribution in [0.1, 0.15) is 29.8 Å². The molecule has 1 aromatic heterocycles. The highest BCUT2D eigenvalue weighted by molar-refractivity contribution is 6.14. The molecular weight excluding hydrogens is 433 g/mol. The molecule has 1 atom stereocenters. The molecule has 1 fully saturated rings. The minimum Gasteiger partial charge on any atom is -0.323 e. The second kappa shape index (κ2) is 7.79. The lowest BCUT2D eigenvalue weighted by Gasteiger charge is -2.42. The fraction of sp³-hybridized carbons (Fsp3) is 0.478. The van der Waals surface area contributed by atoms with E-state index in [-0.39, 0.29) is 37.4 Å². The smallest absolute Gasteiger partial charge is 0.323 e. The number of Topliss-reactive ketones (excluding diaryl/α,β-unsaturated/α-hetero) is 1. The summed E-state index contributed by atoms with van der Waals surface area (Å²) >= 11 is 0. The summed E-state index contributed by atoms with van der Waals surface area (Å²) in [6.45, 7) is 3.30. The van der Waals surface area contributed by atoms with Crippen LogP contribution in [0.25, 0.3) is 0 Å². The number of alkyl halides is 3. The summed E-state index contributed by atoms with van der Waals surface area (Å²) in [6.07, 6.45) is 0.786. The van der Waals surface area contributed by atoms with Gasteiger partial charge in [-0.05, 0) is 37.8 Å². The number of halogens is 3. The molecule has 1 aromatic rings. The predicted molar refractivity (Wildman–Crippen MR) is 119 cm³/mol. The fourth-order valence-corrected chi connectivity index (χ4v) is 5.01. The number of carbonyl (C=O) groups excluding carboxylic acids is 1. The molecule has 33 heavy (non-hydrogen) atoms. The van der Waals surface area contributed by atoms with E-state index >= 15 is 0 Å². The van der Waals surface area contributed by atoms with Crippen LogP contribution in [0.15, 0.2) is 40.0 Å². The lowest BCUT2D eigenvalue weighted by atomic mass is 9.72. The molecule has 1 aliphatic carbocycles. The summed E-state index contributed by atoms with van der Waals surface area (Å²) in [6, 6.07) is 2.04. The maximum atomic E-state index is 13.8. The van der Waals surface area contributed by atoms with Crippen LogP contribution in [0.4, 0.5) is 18.9 Å². The average molecular weight is 458 g/mol. The monoisotopic (exact) mass is 458 g/mol. The Kier molecular flexibility index (Phi) is 5.15. The normalized spacial score (nSPS) is 25.3. The highest BCUT2D eigenvalue weighted by atomic mass is 19.4. The fourth-order valence-electron chi connectivity index (χ4n) is 5.01. The first-order valence-electron chi connectivity index (χ1n) is 11.0. The standard InChI is InChI=1S/C23H25F3N6O/c1-14-18(10-15-12-31(2)8-7-17(15)28-14)29-21-27-13-22-11-16(33)6-9-32(23(24,25)26)20(22)5-3-4-19(22)30-21/h3-5,10H,6-9,11-13H2,1-2H3,(H,27,29). The van der Waals surface area contributed by atoms with Gasteiger partial charge in [0.25, 0.3) is 0 Å². The number of fused-ring (bicyclic) bond motifs is 1. The molecule has 4 aliphatic rings. The third-order valence-corrected chi connectivity index (χ3v) is 6.72. The van der Waals surface area contributed by atoms with E-state index in [1.807, 2.05) is 13.0 Å². The number of nitrogens with zero attached hydrogens (tertiary/aromatic N) is 5. The molecule has 1 spiro atoms. The second-order valence-electron chi connectivity index (χ2n) is 9.05. The highest BCUT2D eigenvalue weighted by Gasteiger charge is 2.53. The summed E-state index contributed by atoms with van der Waals surface area (Å²) < 4.78 is 41.4. The molecule has 0 aromatic carbocycles. The van der Waals surface area contributed by atoms with Crippen molar-refractivity contribution in [3.05, 3.63) is 46.9 Å². The third kappa shape index (κ3) is 3.86. The Balaban J connectivity index is 1.47. The van der Waals surface area contributed by atoms with Crippen molar-refractivity contribution in [2.45, 2.75) is 39.0 Å². The Bertz CT molecular complexity index is 1140. The van der Waals surface area contributed by atoms with Gasteiger partial charge in [0.2, 0.25) is 5.96 Å². The molecule has 1 N–H and O–H groups in total. The lowest BCUT2D eigenvalue weighted by molar-refractivity contribution is -0.234. The molecular formula is C23H25F3N6O. The molecule has 174 valence electrons. The number of likely N-dealkylation sites (tertiary alicyclic amines) is 1. The highest BCUT2D eigenvalue weighted by Crippen LogP contribution is 2.46. The van der Waals surface area contributed by atoms with E-state index in [0.29, 0.717) is 16.6 Å². The first-order valence-corrected chi connectivity index (χ1v) is 11.0. The second-order valence-corrected chi connectivity index (χ2v) is 9.05. The minimum absolute atomic E-state index is 0.0167. The largest absolute Gasteiger partial charge is 0.484 e. The molecule has 1 unspecified atom stereocenters. The van der Waals surface area contributed by atoms with E-state index in [1.165, 1.54) is 6.08 Å². The molecule has 0 bridgehead atoms. The Morgan fingerprint density at radius 2 is 2.03 bits per heavy atom. The van der Waals surface area contributed by atoms with Gasteiger partial charge in [0.15, 0.2) is 0 Å². The Hall–Kier alpha value is -3.01. The van der Waals surface area contributed by atoms with Crippen molar-refractivity contribution in [1.29, 1.82) is 0 Å². The number of aryl methyl sites for hydroxylation is 1. The van der Waals surface area contributed by atoms with Crippen molar-refractivity contribution in [1.82, 2.24) is 14.8 Å². The summed E-state index contributed by atoms with van der Waals surface area (Å²) in [5, 5.41) is 3.21. The minimum atomic E-state index is -4.58. The molecule has 5 rings (SSSR count). The predicted octanol–water partition coefficient (Wildman–Crippen LogP) is 3.23. The number of hydrogen-bond acceptors (Lipinski definition) is 7. The van der Waals surface area contributed by atoms with Gasteiger partial charge in [0.05, 0.1) is 29.1 Å². The topological polar surface area (TPSA) is 73.2 Å². The van der Waals surface area contributed by atoms with Crippen molar-refractivity contribution in [3.63, 3.8) is 0 Å². The van der Waals surface area contributed by atoms with Gasteiger partial charge < -0.3 is 10.2 Å². The number of anilines is 1. The van der Waals surface area contributed by atoms with Crippen LogP contribution in [0.2, 0.25) is 0 Å². The van der Waals surface area contributed by atoms with Crippen LogP contribution in [0.3, 0.4) is 0 Å². The van der Waals surface area contributed by atoms with Gasteiger partial charge in [-0.2, -0.15) is 13.2 Å². The molecule has 7 nitrogen and oxygen atoms in total. The van der Waals surface area contributed by atoms with E-state index in [0.717, 1.165) is 42.1 Å². The van der Waals surface area contributed by atoms with E-state index in [1.54, 1.807) is 12.2 Å². The maximum Gasteiger partial charge on any atom is 0.484 e. The molecule has 0 saturated carbocycles. The maximum absolute atomic E-state index is 13.8. The number of likely N-dealkylation sites (N-methyl/N-ethyl adjacent to an activating group) is 1. The van der Waals surface area contributed by atoms with E-state index in [4.69, 9.17) is 4.98 Å². The average Bonchev–Trinajstić information content (AvgIpc) is 2.89. The number of hydrogen-bond donors (Lipinski definition) is 1. The first-order chi connectivity index (χ1) is 15.7. The van der Waals surface area contributed by atoms with Crippen molar-refractivity contribution in [2.75, 3.05) is 32.0 Å². The number of nitrogens with one attached hydrogen (secondary N) is 1. The van der Waals surface area contributed by atoms with Crippen LogP contribution in [-0.4, -0.2) is 65.2 Å². The Labute approximate surface area is 189 Å². The number of aromatic nitrogens is 1. The molecule has 4 heterocycles. The van der Waals surface area contributed by atoms with Crippen LogP contribution in [0.5, 0.6) is 0 Å². The van der Waals surface area contributed by atoms with Gasteiger partial charge in [0, 0.05) is 50.3 Å². The lowest BCUT2D eigenvalue weighted by Crippen LogP contribution is -2.49. The number of carbonyl (C=O) groups is 1. The van der Waals surface area contributed by atoms with Crippen LogP contribution >= 0.6 is 0 Å². The summed E-state index contributed by atoms with van der Waals surface area (Å²) in [7, 11) is 2.06. The quantitative estimate of drug-likeness (QED) is 0.655. The number of guanidine groups is 1. The summed E-state index contributed by atoms with van der Waals surface area (Å²) in [4.78, 5) is 28.9. The number of rotatable bonds is 1.